The number of hydrogen-bond donors (Lipinski definition) is 0. The molecule has 2 aromatic carbocycles. The normalized spacial score (nSPS) is 23.3. The molecule has 3 unspecified atom stereocenters. The van der Waals surface area contributed by atoms with E-state index in [0.717, 1.165) is 24.0 Å². The van der Waals surface area contributed by atoms with Gasteiger partial charge in [-0.05, 0) is 30.4 Å². The van der Waals surface area contributed by atoms with E-state index in [-0.39, 0.29) is 35.6 Å². The van der Waals surface area contributed by atoms with Crippen LogP contribution in [0.2, 0.25) is 0 Å². The van der Waals surface area contributed by atoms with Crippen molar-refractivity contribution >= 4 is 17.7 Å². The van der Waals surface area contributed by atoms with Gasteiger partial charge in [-0.1, -0.05) is 60.7 Å². The Hall–Kier alpha value is -3.15. The topological polar surface area (TPSA) is 60.9 Å². The molecule has 0 radical (unpaired) electrons. The minimum Gasteiger partial charge on any atom is -0.349 e. The maximum Gasteiger partial charge on any atom is 0.228 e. The molecular formula is C27H33N3O3. The first-order chi connectivity index (χ1) is 16.0. The number of carbonyl (C=O) groups is 3. The van der Waals surface area contributed by atoms with E-state index in [1.165, 1.54) is 0 Å². The molecular weight excluding hydrogens is 414 g/mol. The van der Waals surface area contributed by atoms with Gasteiger partial charge in [0.25, 0.3) is 0 Å². The molecule has 2 heterocycles. The standard InChI is InChI=1S/C27H33N3O3/c1-28(2)26(32)22-14-9-17-29(19-22)27(33)23-15-16-24(31)30(18-20-10-5-3-6-11-20)25(23)21-12-7-4-8-13-21/h3-8,10-13,22-23,25H,9,14-19H2,1-2H3. The highest BCUT2D eigenvalue weighted by molar-refractivity contribution is 5.86. The van der Waals surface area contributed by atoms with Crippen LogP contribution < -0.4 is 0 Å². The molecule has 2 aromatic rings. The number of benzene rings is 2. The molecule has 0 aromatic heterocycles. The summed E-state index contributed by atoms with van der Waals surface area (Å²) in [5.74, 6) is -0.251. The number of hydrogen-bond acceptors (Lipinski definition) is 3. The summed E-state index contributed by atoms with van der Waals surface area (Å²) < 4.78 is 0. The summed E-state index contributed by atoms with van der Waals surface area (Å²) >= 11 is 0. The fraction of sp³-hybridized carbons (Fsp3) is 0.444. The zero-order chi connectivity index (χ0) is 23.4. The van der Waals surface area contributed by atoms with E-state index < -0.39 is 0 Å². The van der Waals surface area contributed by atoms with Gasteiger partial charge in [-0.25, -0.2) is 0 Å². The third kappa shape index (κ3) is 5.10. The Morgan fingerprint density at radius 1 is 0.970 bits per heavy atom. The number of nitrogens with zero attached hydrogens (tertiary/aromatic N) is 3. The van der Waals surface area contributed by atoms with Crippen LogP contribution in [0.15, 0.2) is 60.7 Å². The number of piperidine rings is 2. The van der Waals surface area contributed by atoms with E-state index in [0.29, 0.717) is 32.5 Å². The molecule has 33 heavy (non-hydrogen) atoms. The van der Waals surface area contributed by atoms with Crippen molar-refractivity contribution in [1.29, 1.82) is 0 Å². The third-order valence-corrected chi connectivity index (χ3v) is 6.88. The molecule has 0 bridgehead atoms. The second kappa shape index (κ2) is 10.2. The zero-order valence-electron chi connectivity index (χ0n) is 19.5. The minimum absolute atomic E-state index is 0.0608. The first-order valence-corrected chi connectivity index (χ1v) is 11.8. The summed E-state index contributed by atoms with van der Waals surface area (Å²) in [6.07, 6.45) is 2.53. The van der Waals surface area contributed by atoms with Crippen LogP contribution in [-0.4, -0.2) is 59.6 Å². The highest BCUT2D eigenvalue weighted by Crippen LogP contribution is 2.39. The maximum atomic E-state index is 13.8. The highest BCUT2D eigenvalue weighted by Gasteiger charge is 2.43. The van der Waals surface area contributed by atoms with E-state index in [4.69, 9.17) is 0 Å². The summed E-state index contributed by atoms with van der Waals surface area (Å²) in [4.78, 5) is 44.9. The van der Waals surface area contributed by atoms with Gasteiger partial charge in [0.15, 0.2) is 0 Å². The highest BCUT2D eigenvalue weighted by atomic mass is 16.2. The Kier molecular flexibility index (Phi) is 7.11. The Balaban J connectivity index is 1.62. The van der Waals surface area contributed by atoms with E-state index >= 15 is 0 Å². The molecule has 3 atom stereocenters. The molecule has 2 saturated heterocycles. The van der Waals surface area contributed by atoms with Crippen molar-refractivity contribution in [2.45, 2.75) is 38.3 Å². The Bertz CT molecular complexity index is 977. The van der Waals surface area contributed by atoms with Gasteiger partial charge >= 0.3 is 0 Å². The lowest BCUT2D eigenvalue weighted by Crippen LogP contribution is -2.52. The van der Waals surface area contributed by atoms with Gasteiger partial charge in [-0.3, -0.25) is 14.4 Å². The summed E-state index contributed by atoms with van der Waals surface area (Å²) in [6.45, 7) is 1.60. The number of amides is 3. The number of likely N-dealkylation sites (tertiary alicyclic amines) is 2. The van der Waals surface area contributed by atoms with Gasteiger partial charge in [-0.15, -0.1) is 0 Å². The summed E-state index contributed by atoms with van der Waals surface area (Å²) in [7, 11) is 3.53. The fourth-order valence-corrected chi connectivity index (χ4v) is 5.22. The lowest BCUT2D eigenvalue weighted by Gasteiger charge is -2.43. The fourth-order valence-electron chi connectivity index (χ4n) is 5.22. The van der Waals surface area contributed by atoms with Crippen molar-refractivity contribution in [2.75, 3.05) is 27.2 Å². The molecule has 0 N–H and O–H groups in total. The molecule has 174 valence electrons. The largest absolute Gasteiger partial charge is 0.349 e. The van der Waals surface area contributed by atoms with Gasteiger partial charge in [0, 0.05) is 40.2 Å². The molecule has 4 rings (SSSR count). The molecule has 0 aliphatic carbocycles. The molecule has 2 aliphatic heterocycles. The maximum absolute atomic E-state index is 13.8. The minimum atomic E-state index is -0.318. The first kappa shape index (κ1) is 23.0. The van der Waals surface area contributed by atoms with Crippen LogP contribution in [0.5, 0.6) is 0 Å². The smallest absolute Gasteiger partial charge is 0.228 e. The van der Waals surface area contributed by atoms with Gasteiger partial charge in [0.05, 0.1) is 17.9 Å². The molecule has 3 amide bonds. The molecule has 2 fully saturated rings. The van der Waals surface area contributed by atoms with Gasteiger partial charge in [-0.2, -0.15) is 0 Å². The molecule has 0 saturated carbocycles. The molecule has 2 aliphatic rings. The van der Waals surface area contributed by atoms with Gasteiger partial charge in [0.2, 0.25) is 17.7 Å². The van der Waals surface area contributed by atoms with Crippen molar-refractivity contribution in [3.8, 4) is 0 Å². The quantitative estimate of drug-likeness (QED) is 0.705. The summed E-state index contributed by atoms with van der Waals surface area (Å²) in [5.41, 5.74) is 2.03. The second-order valence-corrected chi connectivity index (χ2v) is 9.36. The summed E-state index contributed by atoms with van der Waals surface area (Å²) in [5, 5.41) is 0. The zero-order valence-corrected chi connectivity index (χ0v) is 19.5. The van der Waals surface area contributed by atoms with Crippen molar-refractivity contribution in [3.63, 3.8) is 0 Å². The lowest BCUT2D eigenvalue weighted by atomic mass is 9.82. The van der Waals surface area contributed by atoms with Crippen LogP contribution >= 0.6 is 0 Å². The first-order valence-electron chi connectivity index (χ1n) is 11.8. The molecule has 0 spiro atoms. The van der Waals surface area contributed by atoms with E-state index in [2.05, 4.69) is 0 Å². The van der Waals surface area contributed by atoms with E-state index in [1.54, 1.807) is 19.0 Å². The molecule has 6 heteroatoms. The average molecular weight is 448 g/mol. The van der Waals surface area contributed by atoms with Crippen molar-refractivity contribution < 1.29 is 14.4 Å². The van der Waals surface area contributed by atoms with Crippen LogP contribution in [0, 0.1) is 11.8 Å². The van der Waals surface area contributed by atoms with Crippen molar-refractivity contribution in [2.24, 2.45) is 11.8 Å². The van der Waals surface area contributed by atoms with Crippen molar-refractivity contribution in [3.05, 3.63) is 71.8 Å². The Morgan fingerprint density at radius 2 is 1.64 bits per heavy atom. The Labute approximate surface area is 196 Å². The van der Waals surface area contributed by atoms with Crippen LogP contribution in [0.4, 0.5) is 0 Å². The second-order valence-electron chi connectivity index (χ2n) is 9.36. The predicted molar refractivity (Wildman–Crippen MR) is 127 cm³/mol. The monoisotopic (exact) mass is 447 g/mol. The van der Waals surface area contributed by atoms with Crippen LogP contribution in [0.3, 0.4) is 0 Å². The van der Waals surface area contributed by atoms with E-state index in [9.17, 15) is 14.4 Å². The summed E-state index contributed by atoms with van der Waals surface area (Å²) in [6, 6.07) is 19.5. The van der Waals surface area contributed by atoms with Crippen LogP contribution in [-0.2, 0) is 20.9 Å². The van der Waals surface area contributed by atoms with Gasteiger partial charge < -0.3 is 14.7 Å². The third-order valence-electron chi connectivity index (χ3n) is 6.88. The van der Waals surface area contributed by atoms with Gasteiger partial charge in [0.1, 0.15) is 0 Å². The number of carbonyl (C=O) groups excluding carboxylic acids is 3. The molecule has 6 nitrogen and oxygen atoms in total. The average Bonchev–Trinajstić information content (AvgIpc) is 2.85. The SMILES string of the molecule is CN(C)C(=O)C1CCCN(C(=O)C2CCC(=O)N(Cc3ccccc3)C2c2ccccc2)C1. The number of rotatable bonds is 5. The van der Waals surface area contributed by atoms with E-state index in [1.807, 2.05) is 70.5 Å². The van der Waals surface area contributed by atoms with Crippen LogP contribution in [0.25, 0.3) is 0 Å². The van der Waals surface area contributed by atoms with Crippen LogP contribution in [0.1, 0.15) is 42.9 Å². The predicted octanol–water partition coefficient (Wildman–Crippen LogP) is 3.49. The Morgan fingerprint density at radius 3 is 2.30 bits per heavy atom. The lowest BCUT2D eigenvalue weighted by molar-refractivity contribution is -0.150. The van der Waals surface area contributed by atoms with Crippen molar-refractivity contribution in [1.82, 2.24) is 14.7 Å².